The Kier molecular flexibility index (Phi) is 5.16. The lowest BCUT2D eigenvalue weighted by Gasteiger charge is -2.35. The number of pyridine rings is 1. The van der Waals surface area contributed by atoms with E-state index in [1.807, 2.05) is 10.6 Å². The highest BCUT2D eigenvalue weighted by molar-refractivity contribution is 5.96. The Hall–Kier alpha value is -3.05. The zero-order valence-electron chi connectivity index (χ0n) is 16.6. The quantitative estimate of drug-likeness (QED) is 0.467. The number of nitrogens with zero attached hydrogens (tertiary/aromatic N) is 4. The van der Waals surface area contributed by atoms with Crippen LogP contribution in [0.1, 0.15) is 36.2 Å². The Balaban J connectivity index is 1.76. The third-order valence-corrected chi connectivity index (χ3v) is 5.62. The van der Waals surface area contributed by atoms with Crippen LogP contribution in [0.2, 0.25) is 0 Å². The summed E-state index contributed by atoms with van der Waals surface area (Å²) >= 11 is 0. The maximum Gasteiger partial charge on any atom is 0.343 e. The monoisotopic (exact) mass is 395 g/mol. The predicted molar refractivity (Wildman–Crippen MR) is 111 cm³/mol. The smallest absolute Gasteiger partial charge is 0.343 e. The molecule has 0 spiro atoms. The zero-order chi connectivity index (χ0) is 20.5. The van der Waals surface area contributed by atoms with Gasteiger partial charge in [-0.2, -0.15) is 5.26 Å². The van der Waals surface area contributed by atoms with Crippen LogP contribution in [0.5, 0.6) is 0 Å². The van der Waals surface area contributed by atoms with Gasteiger partial charge in [0.25, 0.3) is 0 Å². The van der Waals surface area contributed by atoms with Gasteiger partial charge in [0.15, 0.2) is 0 Å². The van der Waals surface area contributed by atoms with E-state index in [0.717, 1.165) is 50.2 Å². The number of aromatic nitrogens is 1. The Morgan fingerprint density at radius 2 is 2.00 bits per heavy atom. The van der Waals surface area contributed by atoms with Crippen molar-refractivity contribution in [2.75, 3.05) is 50.0 Å². The molecule has 0 amide bonds. The summed E-state index contributed by atoms with van der Waals surface area (Å²) in [6, 6.07) is 6.14. The Labute approximate surface area is 169 Å². The van der Waals surface area contributed by atoms with E-state index >= 15 is 0 Å². The van der Waals surface area contributed by atoms with Crippen LogP contribution in [0.25, 0.3) is 10.9 Å². The molecule has 2 heterocycles. The van der Waals surface area contributed by atoms with E-state index in [1.165, 1.54) is 0 Å². The van der Waals surface area contributed by atoms with Crippen molar-refractivity contribution in [3.63, 3.8) is 0 Å². The number of ether oxygens (including phenoxy) is 1. The highest BCUT2D eigenvalue weighted by Gasteiger charge is 2.28. The van der Waals surface area contributed by atoms with E-state index < -0.39 is 5.97 Å². The van der Waals surface area contributed by atoms with Crippen LogP contribution in [0.3, 0.4) is 0 Å². The molecule has 4 rings (SSSR count). The Morgan fingerprint density at radius 1 is 1.28 bits per heavy atom. The van der Waals surface area contributed by atoms with Gasteiger partial charge in [0.1, 0.15) is 5.56 Å². The number of hydrogen-bond donors (Lipinski definition) is 1. The summed E-state index contributed by atoms with van der Waals surface area (Å²) in [4.78, 5) is 29.6. The number of fused-ring (bicyclic) bond motifs is 1. The summed E-state index contributed by atoms with van der Waals surface area (Å²) in [6.07, 6.45) is 3.69. The second-order valence-electron chi connectivity index (χ2n) is 7.58. The third kappa shape index (κ3) is 3.66. The van der Waals surface area contributed by atoms with Gasteiger partial charge in [-0.1, -0.05) is 0 Å². The molecule has 2 N–H and O–H groups in total. The number of carbonyl (C=O) groups is 1. The van der Waals surface area contributed by atoms with Crippen LogP contribution in [-0.2, 0) is 4.74 Å². The average Bonchev–Trinajstić information content (AvgIpc) is 3.55. The molecule has 0 bridgehead atoms. The maximum atomic E-state index is 13.0. The molecule has 1 aromatic heterocycles. The number of esters is 1. The number of nitrogens with two attached hydrogens (primary N) is 1. The third-order valence-electron chi connectivity index (χ3n) is 5.62. The number of nitrogen functional groups attached to an aromatic ring is 1. The van der Waals surface area contributed by atoms with Gasteiger partial charge in [0.2, 0.25) is 5.43 Å². The van der Waals surface area contributed by atoms with Crippen molar-refractivity contribution in [3.8, 4) is 6.07 Å². The van der Waals surface area contributed by atoms with Gasteiger partial charge < -0.3 is 19.9 Å². The van der Waals surface area contributed by atoms with Gasteiger partial charge in [-0.25, -0.2) is 4.79 Å². The molecular formula is C21H25N5O3. The minimum absolute atomic E-state index is 0.0588. The molecule has 1 aromatic carbocycles. The van der Waals surface area contributed by atoms with Crippen molar-refractivity contribution < 1.29 is 9.53 Å². The van der Waals surface area contributed by atoms with E-state index in [2.05, 4.69) is 15.9 Å². The van der Waals surface area contributed by atoms with Crippen molar-refractivity contribution in [1.29, 1.82) is 5.26 Å². The molecule has 29 heavy (non-hydrogen) atoms. The average molecular weight is 395 g/mol. The van der Waals surface area contributed by atoms with Crippen LogP contribution in [0.4, 0.5) is 11.4 Å². The van der Waals surface area contributed by atoms with Crippen molar-refractivity contribution in [2.45, 2.75) is 25.8 Å². The summed E-state index contributed by atoms with van der Waals surface area (Å²) in [5.41, 5.74) is 8.27. The molecule has 1 aliphatic heterocycles. The maximum absolute atomic E-state index is 13.0. The van der Waals surface area contributed by atoms with Crippen LogP contribution in [-0.4, -0.2) is 54.8 Å². The van der Waals surface area contributed by atoms with Crippen LogP contribution >= 0.6 is 0 Å². The first-order valence-corrected chi connectivity index (χ1v) is 10.0. The first-order chi connectivity index (χ1) is 14.0. The van der Waals surface area contributed by atoms with Crippen molar-refractivity contribution in [2.24, 2.45) is 0 Å². The second-order valence-corrected chi connectivity index (χ2v) is 7.58. The van der Waals surface area contributed by atoms with Crippen LogP contribution in [0.15, 0.2) is 23.1 Å². The minimum atomic E-state index is -0.593. The molecular weight excluding hydrogens is 370 g/mol. The summed E-state index contributed by atoms with van der Waals surface area (Å²) in [6.45, 7) is 5.50. The molecule has 152 valence electrons. The molecule has 1 saturated carbocycles. The second kappa shape index (κ2) is 7.76. The minimum Gasteiger partial charge on any atom is -0.462 e. The van der Waals surface area contributed by atoms with Gasteiger partial charge >= 0.3 is 5.97 Å². The van der Waals surface area contributed by atoms with E-state index in [-0.39, 0.29) is 23.6 Å². The van der Waals surface area contributed by atoms with Crippen molar-refractivity contribution >= 4 is 28.2 Å². The van der Waals surface area contributed by atoms with E-state index in [9.17, 15) is 9.59 Å². The number of hydrogen-bond acceptors (Lipinski definition) is 7. The molecule has 1 saturated heterocycles. The number of anilines is 2. The largest absolute Gasteiger partial charge is 0.462 e. The molecule has 2 aromatic rings. The molecule has 0 unspecified atom stereocenters. The summed E-state index contributed by atoms with van der Waals surface area (Å²) in [5.74, 6) is -0.593. The lowest BCUT2D eigenvalue weighted by molar-refractivity contribution is 0.0524. The van der Waals surface area contributed by atoms with Gasteiger partial charge in [0, 0.05) is 43.8 Å². The normalized spacial score (nSPS) is 17.3. The SMILES string of the molecule is CCOC(=O)c1cn(C2CC2)c2cc(N3CCN(CC#N)CC3)c(N)cc2c1=O. The lowest BCUT2D eigenvalue weighted by Crippen LogP contribution is -2.46. The molecule has 2 aliphatic rings. The number of nitriles is 1. The molecule has 0 atom stereocenters. The predicted octanol–water partition coefficient (Wildman–Crippen LogP) is 1.74. The van der Waals surface area contributed by atoms with Crippen LogP contribution in [0, 0.1) is 11.3 Å². The molecule has 2 fully saturated rings. The molecule has 0 radical (unpaired) electrons. The van der Waals surface area contributed by atoms with E-state index in [4.69, 9.17) is 15.7 Å². The molecule has 8 heteroatoms. The number of rotatable bonds is 5. The highest BCUT2D eigenvalue weighted by atomic mass is 16.5. The summed E-state index contributed by atoms with van der Waals surface area (Å²) in [5, 5.41) is 9.33. The number of carbonyl (C=O) groups excluding carboxylic acids is 1. The van der Waals surface area contributed by atoms with Crippen LogP contribution < -0.4 is 16.1 Å². The summed E-state index contributed by atoms with van der Waals surface area (Å²) in [7, 11) is 0. The standard InChI is InChI=1S/C21H25N5O3/c1-2-29-21(28)16-13-26(14-3-4-14)18-12-19(17(23)11-15(18)20(16)27)25-9-7-24(6-5-22)8-10-25/h11-14H,2-4,6-10,23H2,1H3. The lowest BCUT2D eigenvalue weighted by atomic mass is 10.1. The first-order valence-electron chi connectivity index (χ1n) is 10.0. The Bertz CT molecular complexity index is 1040. The topological polar surface area (TPSA) is 105 Å². The fourth-order valence-corrected chi connectivity index (χ4v) is 3.93. The fourth-order valence-electron chi connectivity index (χ4n) is 3.93. The number of piperazine rings is 1. The zero-order valence-corrected chi connectivity index (χ0v) is 16.6. The van der Waals surface area contributed by atoms with Gasteiger partial charge in [0.05, 0.1) is 36.1 Å². The van der Waals surface area contributed by atoms with E-state index in [0.29, 0.717) is 17.6 Å². The molecule has 1 aliphatic carbocycles. The summed E-state index contributed by atoms with van der Waals surface area (Å²) < 4.78 is 7.10. The van der Waals surface area contributed by atoms with E-state index in [1.54, 1.807) is 19.2 Å². The Morgan fingerprint density at radius 3 is 2.62 bits per heavy atom. The van der Waals surface area contributed by atoms with Gasteiger partial charge in [-0.15, -0.1) is 0 Å². The van der Waals surface area contributed by atoms with Crippen molar-refractivity contribution in [1.82, 2.24) is 9.47 Å². The van der Waals surface area contributed by atoms with Crippen molar-refractivity contribution in [3.05, 3.63) is 34.1 Å². The van der Waals surface area contributed by atoms with Gasteiger partial charge in [-0.3, -0.25) is 9.69 Å². The molecule has 8 nitrogen and oxygen atoms in total. The fraction of sp³-hybridized carbons (Fsp3) is 0.476. The van der Waals surface area contributed by atoms with Gasteiger partial charge in [-0.05, 0) is 31.9 Å². The first kappa shape index (κ1) is 19.3. The highest BCUT2D eigenvalue weighted by Crippen LogP contribution is 2.39. The number of benzene rings is 1.